The number of carbonyl (C=O) groups is 1. The standard InChI is InChI=1S/C13H25N5O2/c1-13(2,3)20-12(19)15-7-6-8-17(4)11-10(14)9-16-18(11)5/h9H,6-8,14H2,1-5H3,(H,15,19). The summed E-state index contributed by atoms with van der Waals surface area (Å²) in [6, 6.07) is 0. The van der Waals surface area contributed by atoms with Crippen molar-refractivity contribution in [1.82, 2.24) is 15.1 Å². The quantitative estimate of drug-likeness (QED) is 0.797. The van der Waals surface area contributed by atoms with Crippen molar-refractivity contribution in [3.8, 4) is 0 Å². The summed E-state index contributed by atoms with van der Waals surface area (Å²) in [5, 5.41) is 6.82. The van der Waals surface area contributed by atoms with Crippen LogP contribution < -0.4 is 16.0 Å². The predicted molar refractivity (Wildman–Crippen MR) is 79.7 cm³/mol. The topological polar surface area (TPSA) is 85.4 Å². The van der Waals surface area contributed by atoms with Crippen molar-refractivity contribution in [2.75, 3.05) is 30.8 Å². The summed E-state index contributed by atoms with van der Waals surface area (Å²) in [4.78, 5) is 13.5. The summed E-state index contributed by atoms with van der Waals surface area (Å²) in [6.45, 7) is 6.83. The molecule has 0 unspecified atom stereocenters. The molecule has 0 saturated heterocycles. The van der Waals surface area contributed by atoms with Crippen molar-refractivity contribution in [2.24, 2.45) is 7.05 Å². The number of nitrogens with two attached hydrogens (primary N) is 1. The zero-order valence-electron chi connectivity index (χ0n) is 12.9. The number of amides is 1. The molecule has 3 N–H and O–H groups in total. The molecule has 1 amide bonds. The Labute approximate surface area is 120 Å². The number of anilines is 2. The van der Waals surface area contributed by atoms with Gasteiger partial charge in [0, 0.05) is 27.2 Å². The van der Waals surface area contributed by atoms with Crippen LogP contribution in [0, 0.1) is 0 Å². The van der Waals surface area contributed by atoms with Crippen LogP contribution in [-0.4, -0.2) is 41.6 Å². The van der Waals surface area contributed by atoms with Gasteiger partial charge < -0.3 is 20.7 Å². The van der Waals surface area contributed by atoms with Crippen LogP contribution in [0.1, 0.15) is 27.2 Å². The third-order valence-corrected chi connectivity index (χ3v) is 2.63. The van der Waals surface area contributed by atoms with E-state index in [1.54, 1.807) is 10.9 Å². The summed E-state index contributed by atoms with van der Waals surface area (Å²) in [5.74, 6) is 0.877. The molecule has 20 heavy (non-hydrogen) atoms. The van der Waals surface area contributed by atoms with Gasteiger partial charge in [0.25, 0.3) is 0 Å². The third kappa shape index (κ3) is 4.99. The van der Waals surface area contributed by atoms with Gasteiger partial charge in [0.05, 0.1) is 11.9 Å². The number of hydrogen-bond donors (Lipinski definition) is 2. The fraction of sp³-hybridized carbons (Fsp3) is 0.692. The van der Waals surface area contributed by atoms with Crippen LogP contribution in [0.25, 0.3) is 0 Å². The number of nitrogen functional groups attached to an aromatic ring is 1. The zero-order chi connectivity index (χ0) is 15.3. The molecule has 0 aromatic carbocycles. The normalized spacial score (nSPS) is 11.2. The largest absolute Gasteiger partial charge is 0.444 e. The highest BCUT2D eigenvalue weighted by Crippen LogP contribution is 2.19. The number of nitrogens with one attached hydrogen (secondary N) is 1. The second-order valence-corrected chi connectivity index (χ2v) is 5.75. The van der Waals surface area contributed by atoms with Gasteiger partial charge in [0.1, 0.15) is 11.4 Å². The van der Waals surface area contributed by atoms with Crippen LogP contribution in [0.5, 0.6) is 0 Å². The number of ether oxygens (including phenoxy) is 1. The number of aromatic nitrogens is 2. The molecule has 0 bridgehead atoms. The molecule has 114 valence electrons. The number of nitrogens with zero attached hydrogens (tertiary/aromatic N) is 3. The summed E-state index contributed by atoms with van der Waals surface area (Å²) in [7, 11) is 3.79. The van der Waals surface area contributed by atoms with Gasteiger partial charge in [-0.3, -0.25) is 4.68 Å². The third-order valence-electron chi connectivity index (χ3n) is 2.63. The molecule has 0 aliphatic carbocycles. The van der Waals surface area contributed by atoms with E-state index in [2.05, 4.69) is 10.4 Å². The molecule has 7 nitrogen and oxygen atoms in total. The first-order valence-corrected chi connectivity index (χ1v) is 6.66. The molecular weight excluding hydrogens is 258 g/mol. The fourth-order valence-electron chi connectivity index (χ4n) is 1.84. The Morgan fingerprint density at radius 1 is 1.55 bits per heavy atom. The maximum atomic E-state index is 11.5. The molecular formula is C13H25N5O2. The lowest BCUT2D eigenvalue weighted by molar-refractivity contribution is 0.0527. The van der Waals surface area contributed by atoms with Crippen LogP contribution in [-0.2, 0) is 11.8 Å². The minimum absolute atomic E-state index is 0.389. The maximum absolute atomic E-state index is 11.5. The van der Waals surface area contributed by atoms with Gasteiger partial charge in [-0.15, -0.1) is 0 Å². The molecule has 0 spiro atoms. The van der Waals surface area contributed by atoms with Gasteiger partial charge in [0.2, 0.25) is 0 Å². The highest BCUT2D eigenvalue weighted by molar-refractivity contribution is 5.67. The highest BCUT2D eigenvalue weighted by Gasteiger charge is 2.15. The van der Waals surface area contributed by atoms with Gasteiger partial charge in [-0.1, -0.05) is 0 Å². The smallest absolute Gasteiger partial charge is 0.407 e. The first-order valence-electron chi connectivity index (χ1n) is 6.66. The zero-order valence-corrected chi connectivity index (χ0v) is 12.9. The molecule has 0 radical (unpaired) electrons. The Kier molecular flexibility index (Phi) is 5.24. The van der Waals surface area contributed by atoms with E-state index in [1.807, 2.05) is 39.8 Å². The van der Waals surface area contributed by atoms with E-state index in [1.165, 1.54) is 0 Å². The van der Waals surface area contributed by atoms with Gasteiger partial charge in [-0.05, 0) is 27.2 Å². The number of alkyl carbamates (subject to hydrolysis) is 1. The highest BCUT2D eigenvalue weighted by atomic mass is 16.6. The molecule has 1 aromatic rings. The average Bonchev–Trinajstić information content (AvgIpc) is 2.62. The molecule has 1 aromatic heterocycles. The monoisotopic (exact) mass is 283 g/mol. The molecule has 0 aliphatic rings. The maximum Gasteiger partial charge on any atom is 0.407 e. The van der Waals surface area contributed by atoms with Crippen molar-refractivity contribution in [1.29, 1.82) is 0 Å². The average molecular weight is 283 g/mol. The van der Waals surface area contributed by atoms with Crippen molar-refractivity contribution >= 4 is 17.6 Å². The van der Waals surface area contributed by atoms with Gasteiger partial charge >= 0.3 is 6.09 Å². The molecule has 1 heterocycles. The SMILES string of the molecule is CN(CCCNC(=O)OC(C)(C)C)c1c(N)cnn1C. The predicted octanol–water partition coefficient (Wildman–Crippen LogP) is 1.35. The van der Waals surface area contributed by atoms with E-state index in [4.69, 9.17) is 10.5 Å². The van der Waals surface area contributed by atoms with Crippen molar-refractivity contribution < 1.29 is 9.53 Å². The molecule has 1 rings (SSSR count). The van der Waals surface area contributed by atoms with Crippen LogP contribution in [0.2, 0.25) is 0 Å². The van der Waals surface area contributed by atoms with Crippen molar-refractivity contribution in [3.63, 3.8) is 0 Å². The number of carbonyl (C=O) groups excluding carboxylic acids is 1. The molecule has 0 saturated carbocycles. The minimum Gasteiger partial charge on any atom is -0.444 e. The Balaban J connectivity index is 2.30. The van der Waals surface area contributed by atoms with Gasteiger partial charge in [0.15, 0.2) is 0 Å². The van der Waals surface area contributed by atoms with E-state index < -0.39 is 5.60 Å². The second kappa shape index (κ2) is 6.49. The van der Waals surface area contributed by atoms with Gasteiger partial charge in [-0.25, -0.2) is 4.79 Å². The minimum atomic E-state index is -0.468. The summed E-state index contributed by atoms with van der Waals surface area (Å²) < 4.78 is 6.89. The van der Waals surface area contributed by atoms with E-state index >= 15 is 0 Å². The molecule has 0 fully saturated rings. The summed E-state index contributed by atoms with van der Waals surface area (Å²) in [5.41, 5.74) is 6.03. The van der Waals surface area contributed by atoms with E-state index in [0.29, 0.717) is 12.2 Å². The number of hydrogen-bond acceptors (Lipinski definition) is 5. The first kappa shape index (κ1) is 16.1. The lowest BCUT2D eigenvalue weighted by Gasteiger charge is -2.21. The Hall–Kier alpha value is -1.92. The van der Waals surface area contributed by atoms with Crippen molar-refractivity contribution in [2.45, 2.75) is 32.8 Å². The Bertz CT molecular complexity index is 431. The van der Waals surface area contributed by atoms with Crippen LogP contribution in [0.3, 0.4) is 0 Å². The van der Waals surface area contributed by atoms with E-state index in [-0.39, 0.29) is 6.09 Å². The van der Waals surface area contributed by atoms with Crippen LogP contribution >= 0.6 is 0 Å². The Morgan fingerprint density at radius 2 is 2.20 bits per heavy atom. The lowest BCUT2D eigenvalue weighted by atomic mass is 10.2. The summed E-state index contributed by atoms with van der Waals surface area (Å²) >= 11 is 0. The summed E-state index contributed by atoms with van der Waals surface area (Å²) in [6.07, 6.45) is 2.03. The number of rotatable bonds is 5. The van der Waals surface area contributed by atoms with E-state index in [9.17, 15) is 4.79 Å². The molecule has 7 heteroatoms. The molecule has 0 atom stereocenters. The van der Waals surface area contributed by atoms with Crippen molar-refractivity contribution in [3.05, 3.63) is 6.20 Å². The van der Waals surface area contributed by atoms with Gasteiger partial charge in [-0.2, -0.15) is 5.10 Å². The second-order valence-electron chi connectivity index (χ2n) is 5.75. The Morgan fingerprint density at radius 3 is 2.70 bits per heavy atom. The molecule has 0 aliphatic heterocycles. The fourth-order valence-corrected chi connectivity index (χ4v) is 1.84. The number of aryl methyl sites for hydroxylation is 1. The van der Waals surface area contributed by atoms with E-state index in [0.717, 1.165) is 18.8 Å². The first-order chi connectivity index (χ1) is 9.20. The van der Waals surface area contributed by atoms with Crippen LogP contribution in [0.4, 0.5) is 16.3 Å². The lowest BCUT2D eigenvalue weighted by Crippen LogP contribution is -2.34. The van der Waals surface area contributed by atoms with Crippen LogP contribution in [0.15, 0.2) is 6.20 Å².